The van der Waals surface area contributed by atoms with Crippen molar-refractivity contribution in [3.8, 4) is 0 Å². The van der Waals surface area contributed by atoms with E-state index in [-0.39, 0.29) is 16.5 Å². The maximum Gasteiger partial charge on any atom is 0.261 e. The molecular formula is C19H21FN2O4S. The minimum absolute atomic E-state index is 0.0513. The summed E-state index contributed by atoms with van der Waals surface area (Å²) in [4.78, 5) is 14.3. The average molecular weight is 392 g/mol. The second kappa shape index (κ2) is 7.28. The van der Waals surface area contributed by atoms with Gasteiger partial charge in [-0.2, -0.15) is 0 Å². The molecule has 0 aromatic heterocycles. The number of carbonyl (C=O) groups is 1. The first kappa shape index (κ1) is 19.3. The highest BCUT2D eigenvalue weighted by molar-refractivity contribution is 7.92. The molecule has 144 valence electrons. The predicted octanol–water partition coefficient (Wildman–Crippen LogP) is 2.88. The minimum Gasteiger partial charge on any atom is -0.372 e. The Morgan fingerprint density at radius 1 is 1.15 bits per heavy atom. The fourth-order valence-electron chi connectivity index (χ4n) is 2.90. The van der Waals surface area contributed by atoms with Crippen LogP contribution in [0.4, 0.5) is 10.1 Å². The van der Waals surface area contributed by atoms with Crippen molar-refractivity contribution in [3.63, 3.8) is 0 Å². The highest BCUT2D eigenvalue weighted by Crippen LogP contribution is 2.21. The molecule has 1 aliphatic rings. The fraction of sp³-hybridized carbons (Fsp3) is 0.316. The second-order valence-electron chi connectivity index (χ2n) is 6.94. The number of benzene rings is 2. The Kier molecular flexibility index (Phi) is 5.21. The summed E-state index contributed by atoms with van der Waals surface area (Å²) in [6.45, 7) is 5.22. The molecule has 1 fully saturated rings. The standard InChI is InChI=1S/C19H21FN2O4S/c1-19(2)13-22(11-12-26-19)18(23)14-7-9-15(10-8-14)27(24,25)21-17-6-4-3-5-16(17)20/h3-10,21H,11-13H2,1-2H3. The van der Waals surface area contributed by atoms with E-state index in [2.05, 4.69) is 4.72 Å². The summed E-state index contributed by atoms with van der Waals surface area (Å²) in [6.07, 6.45) is 0. The van der Waals surface area contributed by atoms with Crippen LogP contribution in [0.15, 0.2) is 53.4 Å². The molecule has 1 saturated heterocycles. The minimum atomic E-state index is -3.96. The molecular weight excluding hydrogens is 371 g/mol. The number of hydrogen-bond donors (Lipinski definition) is 1. The van der Waals surface area contributed by atoms with Crippen LogP contribution in [-0.4, -0.2) is 44.5 Å². The van der Waals surface area contributed by atoms with Gasteiger partial charge in [0, 0.05) is 18.7 Å². The lowest BCUT2D eigenvalue weighted by molar-refractivity contribution is -0.0764. The van der Waals surface area contributed by atoms with Crippen molar-refractivity contribution in [3.05, 3.63) is 59.9 Å². The van der Waals surface area contributed by atoms with E-state index in [0.29, 0.717) is 25.3 Å². The van der Waals surface area contributed by atoms with Crippen LogP contribution in [0.5, 0.6) is 0 Å². The van der Waals surface area contributed by atoms with Crippen molar-refractivity contribution in [2.24, 2.45) is 0 Å². The zero-order valence-electron chi connectivity index (χ0n) is 15.1. The van der Waals surface area contributed by atoms with Gasteiger partial charge < -0.3 is 9.64 Å². The molecule has 0 unspecified atom stereocenters. The number of ether oxygens (including phenoxy) is 1. The van der Waals surface area contributed by atoms with E-state index >= 15 is 0 Å². The van der Waals surface area contributed by atoms with Gasteiger partial charge in [-0.1, -0.05) is 12.1 Å². The molecule has 0 radical (unpaired) electrons. The Balaban J connectivity index is 1.76. The van der Waals surface area contributed by atoms with Crippen LogP contribution in [-0.2, 0) is 14.8 Å². The number of nitrogens with one attached hydrogen (secondary N) is 1. The lowest BCUT2D eigenvalue weighted by atomic mass is 10.1. The van der Waals surface area contributed by atoms with Crippen molar-refractivity contribution in [1.29, 1.82) is 0 Å². The third kappa shape index (κ3) is 4.45. The van der Waals surface area contributed by atoms with Gasteiger partial charge in [0.15, 0.2) is 0 Å². The van der Waals surface area contributed by atoms with Crippen molar-refractivity contribution in [1.82, 2.24) is 4.90 Å². The number of nitrogens with zero attached hydrogens (tertiary/aromatic N) is 1. The van der Waals surface area contributed by atoms with E-state index in [1.165, 1.54) is 48.5 Å². The van der Waals surface area contributed by atoms with Crippen LogP contribution < -0.4 is 4.72 Å². The molecule has 0 spiro atoms. The monoisotopic (exact) mass is 392 g/mol. The molecule has 3 rings (SSSR count). The van der Waals surface area contributed by atoms with Crippen LogP contribution >= 0.6 is 0 Å². The molecule has 1 amide bonds. The molecule has 2 aromatic rings. The van der Waals surface area contributed by atoms with Crippen LogP contribution in [0.3, 0.4) is 0 Å². The van der Waals surface area contributed by atoms with Gasteiger partial charge in [-0.3, -0.25) is 9.52 Å². The molecule has 0 atom stereocenters. The zero-order valence-corrected chi connectivity index (χ0v) is 15.9. The first-order valence-corrected chi connectivity index (χ1v) is 9.97. The van der Waals surface area contributed by atoms with Crippen LogP contribution in [0.2, 0.25) is 0 Å². The summed E-state index contributed by atoms with van der Waals surface area (Å²) >= 11 is 0. The van der Waals surface area contributed by atoms with E-state index in [4.69, 9.17) is 4.74 Å². The molecule has 27 heavy (non-hydrogen) atoms. The van der Waals surface area contributed by atoms with Crippen LogP contribution in [0.25, 0.3) is 0 Å². The van der Waals surface area contributed by atoms with Crippen LogP contribution in [0, 0.1) is 5.82 Å². The van der Waals surface area contributed by atoms with E-state index in [9.17, 15) is 17.6 Å². The molecule has 0 aliphatic carbocycles. The quantitative estimate of drug-likeness (QED) is 0.868. The van der Waals surface area contributed by atoms with Crippen LogP contribution in [0.1, 0.15) is 24.2 Å². The smallest absolute Gasteiger partial charge is 0.261 e. The van der Waals surface area contributed by atoms with Gasteiger partial charge in [0.2, 0.25) is 0 Å². The van der Waals surface area contributed by atoms with Gasteiger partial charge in [-0.25, -0.2) is 12.8 Å². The number of morpholine rings is 1. The maximum absolute atomic E-state index is 13.7. The van der Waals surface area contributed by atoms with E-state index < -0.39 is 21.4 Å². The van der Waals surface area contributed by atoms with E-state index in [1.807, 2.05) is 13.8 Å². The summed E-state index contributed by atoms with van der Waals surface area (Å²) in [5, 5.41) is 0. The van der Waals surface area contributed by atoms with Gasteiger partial charge in [0.05, 0.1) is 22.8 Å². The number of amides is 1. The van der Waals surface area contributed by atoms with Gasteiger partial charge in [0.25, 0.3) is 15.9 Å². The number of hydrogen-bond acceptors (Lipinski definition) is 4. The fourth-order valence-corrected chi connectivity index (χ4v) is 3.96. The normalized spacial score (nSPS) is 16.8. The summed E-state index contributed by atoms with van der Waals surface area (Å²) in [5.74, 6) is -0.847. The molecule has 0 bridgehead atoms. The largest absolute Gasteiger partial charge is 0.372 e. The number of rotatable bonds is 4. The molecule has 2 aromatic carbocycles. The van der Waals surface area contributed by atoms with Crippen molar-refractivity contribution in [2.75, 3.05) is 24.4 Å². The van der Waals surface area contributed by atoms with Gasteiger partial charge in [-0.15, -0.1) is 0 Å². The molecule has 0 saturated carbocycles. The maximum atomic E-state index is 13.7. The number of anilines is 1. The first-order valence-electron chi connectivity index (χ1n) is 8.49. The average Bonchev–Trinajstić information content (AvgIpc) is 2.62. The number of halogens is 1. The SMILES string of the molecule is CC1(C)CN(C(=O)c2ccc(S(=O)(=O)Nc3ccccc3F)cc2)CCO1. The molecule has 6 nitrogen and oxygen atoms in total. The third-order valence-corrected chi connectivity index (χ3v) is 5.62. The summed E-state index contributed by atoms with van der Waals surface area (Å²) in [6, 6.07) is 11.1. The molecule has 1 N–H and O–H groups in total. The Morgan fingerprint density at radius 2 is 1.81 bits per heavy atom. The summed E-state index contributed by atoms with van der Waals surface area (Å²) in [7, 11) is -3.96. The topological polar surface area (TPSA) is 75.7 Å². The highest BCUT2D eigenvalue weighted by Gasteiger charge is 2.30. The second-order valence-corrected chi connectivity index (χ2v) is 8.63. The number of para-hydroxylation sites is 1. The van der Waals surface area contributed by atoms with Gasteiger partial charge >= 0.3 is 0 Å². The Hall–Kier alpha value is -2.45. The summed E-state index contributed by atoms with van der Waals surface area (Å²) in [5.41, 5.74) is -0.160. The van der Waals surface area contributed by atoms with Gasteiger partial charge in [0.1, 0.15) is 5.82 Å². The Morgan fingerprint density at radius 3 is 2.44 bits per heavy atom. The first-order chi connectivity index (χ1) is 12.7. The molecule has 1 heterocycles. The molecule has 1 aliphatic heterocycles. The van der Waals surface area contributed by atoms with Crippen molar-refractivity contribution in [2.45, 2.75) is 24.3 Å². The van der Waals surface area contributed by atoms with Crippen molar-refractivity contribution >= 4 is 21.6 Å². The Bertz CT molecular complexity index is 942. The lowest BCUT2D eigenvalue weighted by Crippen LogP contribution is -2.50. The predicted molar refractivity (Wildman–Crippen MR) is 99.6 cm³/mol. The van der Waals surface area contributed by atoms with Crippen molar-refractivity contribution < 1.29 is 22.3 Å². The number of sulfonamides is 1. The third-order valence-electron chi connectivity index (χ3n) is 4.24. The molecule has 8 heteroatoms. The highest BCUT2D eigenvalue weighted by atomic mass is 32.2. The Labute approximate surface area is 158 Å². The number of carbonyl (C=O) groups excluding carboxylic acids is 1. The summed E-state index contributed by atoms with van der Waals surface area (Å²) < 4.78 is 46.4. The van der Waals surface area contributed by atoms with E-state index in [1.54, 1.807) is 4.90 Å². The zero-order chi connectivity index (χ0) is 19.7. The lowest BCUT2D eigenvalue weighted by Gasteiger charge is -2.38. The van der Waals surface area contributed by atoms with E-state index in [0.717, 1.165) is 0 Å². The van der Waals surface area contributed by atoms with Gasteiger partial charge in [-0.05, 0) is 50.2 Å².